The highest BCUT2D eigenvalue weighted by Gasteiger charge is 2.23. The number of fused-ring (bicyclic) bond motifs is 1. The normalized spacial score (nSPS) is 22.7. The number of aromatic nitrogens is 1. The Labute approximate surface area is 135 Å². The van der Waals surface area contributed by atoms with Crippen LogP contribution in [0.25, 0.3) is 0 Å². The minimum absolute atomic E-state index is 0.107. The van der Waals surface area contributed by atoms with Crippen molar-refractivity contribution in [3.05, 3.63) is 71.0 Å². The first-order valence-electron chi connectivity index (χ1n) is 8.01. The second-order valence-corrected chi connectivity index (χ2v) is 6.21. The molecule has 1 saturated heterocycles. The number of nitrogens with zero attached hydrogens (tertiary/aromatic N) is 2. The van der Waals surface area contributed by atoms with Crippen LogP contribution in [0.5, 0.6) is 0 Å². The number of carbonyl (C=O) groups excluding carboxylic acids is 1. The minimum Gasteiger partial charge on any atom is -0.307 e. The maximum absolute atomic E-state index is 12.4. The first-order chi connectivity index (χ1) is 11.2. The molecule has 2 aliphatic carbocycles. The van der Waals surface area contributed by atoms with E-state index in [9.17, 15) is 4.79 Å². The van der Waals surface area contributed by atoms with E-state index in [1.165, 1.54) is 18.4 Å². The SMILES string of the molecule is CN1CCC[C@H]1c1ccc(NC(=O)C2=C3C=CC=C3C=C2)nc1. The second kappa shape index (κ2) is 5.63. The van der Waals surface area contributed by atoms with Crippen molar-refractivity contribution in [1.29, 1.82) is 0 Å². The van der Waals surface area contributed by atoms with E-state index in [0.717, 1.165) is 17.7 Å². The van der Waals surface area contributed by atoms with E-state index in [4.69, 9.17) is 0 Å². The van der Waals surface area contributed by atoms with Gasteiger partial charge in [-0.2, -0.15) is 0 Å². The van der Waals surface area contributed by atoms with Gasteiger partial charge in [-0.05, 0) is 55.3 Å². The van der Waals surface area contributed by atoms with Crippen LogP contribution in [0, 0.1) is 0 Å². The fourth-order valence-corrected chi connectivity index (χ4v) is 3.48. The average Bonchev–Trinajstić information content (AvgIpc) is 3.24. The summed E-state index contributed by atoms with van der Waals surface area (Å²) in [5.41, 5.74) is 4.01. The predicted molar refractivity (Wildman–Crippen MR) is 90.9 cm³/mol. The van der Waals surface area contributed by atoms with E-state index in [-0.39, 0.29) is 5.91 Å². The van der Waals surface area contributed by atoms with Crippen molar-refractivity contribution in [1.82, 2.24) is 9.88 Å². The summed E-state index contributed by atoms with van der Waals surface area (Å²) in [7, 11) is 2.15. The van der Waals surface area contributed by atoms with Crippen LogP contribution in [-0.4, -0.2) is 29.4 Å². The van der Waals surface area contributed by atoms with Crippen LogP contribution < -0.4 is 5.32 Å². The lowest BCUT2D eigenvalue weighted by Crippen LogP contribution is -2.18. The summed E-state index contributed by atoms with van der Waals surface area (Å²) >= 11 is 0. The van der Waals surface area contributed by atoms with E-state index in [2.05, 4.69) is 28.3 Å². The number of pyridine rings is 1. The Kier molecular flexibility index (Phi) is 3.46. The van der Waals surface area contributed by atoms with Gasteiger partial charge in [-0.25, -0.2) is 4.98 Å². The lowest BCUT2D eigenvalue weighted by atomic mass is 10.1. The topological polar surface area (TPSA) is 45.2 Å². The molecule has 4 nitrogen and oxygen atoms in total. The predicted octanol–water partition coefficient (Wildman–Crippen LogP) is 3.15. The van der Waals surface area contributed by atoms with E-state index >= 15 is 0 Å². The third kappa shape index (κ3) is 2.55. The Morgan fingerprint density at radius 1 is 1.30 bits per heavy atom. The fourth-order valence-electron chi connectivity index (χ4n) is 3.48. The standard InChI is InChI=1S/C19H19N3O/c1-22-11-3-6-17(22)14-8-10-18(20-12-14)21-19(23)16-9-7-13-4-2-5-15(13)16/h2,4-5,7-10,12,17H,3,6,11H2,1H3,(H,20,21,23)/t17-/m0/s1. The second-order valence-electron chi connectivity index (χ2n) is 6.21. The third-order valence-electron chi connectivity index (χ3n) is 4.75. The van der Waals surface area contributed by atoms with Crippen molar-refractivity contribution < 1.29 is 4.79 Å². The number of nitrogens with one attached hydrogen (secondary N) is 1. The van der Waals surface area contributed by atoms with Crippen molar-refractivity contribution in [3.8, 4) is 0 Å². The molecule has 1 N–H and O–H groups in total. The van der Waals surface area contributed by atoms with Gasteiger partial charge >= 0.3 is 0 Å². The Morgan fingerprint density at radius 3 is 2.96 bits per heavy atom. The molecule has 2 heterocycles. The van der Waals surface area contributed by atoms with Crippen molar-refractivity contribution in [2.75, 3.05) is 18.9 Å². The molecule has 4 rings (SSSR count). The molecule has 0 unspecified atom stereocenters. The zero-order valence-electron chi connectivity index (χ0n) is 13.1. The van der Waals surface area contributed by atoms with Gasteiger partial charge in [-0.1, -0.05) is 30.4 Å². The van der Waals surface area contributed by atoms with Crippen LogP contribution in [0.4, 0.5) is 5.82 Å². The molecule has 3 aliphatic rings. The van der Waals surface area contributed by atoms with Gasteiger partial charge in [0.05, 0.1) is 0 Å². The van der Waals surface area contributed by atoms with Crippen LogP contribution >= 0.6 is 0 Å². The van der Waals surface area contributed by atoms with Gasteiger partial charge in [0.15, 0.2) is 0 Å². The highest BCUT2D eigenvalue weighted by molar-refractivity contribution is 6.08. The van der Waals surface area contributed by atoms with Crippen LogP contribution in [-0.2, 0) is 4.79 Å². The Morgan fingerprint density at radius 2 is 2.22 bits per heavy atom. The summed E-state index contributed by atoms with van der Waals surface area (Å²) < 4.78 is 0. The van der Waals surface area contributed by atoms with Gasteiger partial charge in [0.2, 0.25) is 0 Å². The highest BCUT2D eigenvalue weighted by Crippen LogP contribution is 2.31. The Bertz CT molecular complexity index is 768. The number of likely N-dealkylation sites (tertiary alicyclic amines) is 1. The summed E-state index contributed by atoms with van der Waals surface area (Å²) in [6.45, 7) is 1.13. The van der Waals surface area contributed by atoms with Crippen LogP contribution in [0.2, 0.25) is 0 Å². The Hall–Kier alpha value is -2.46. The molecule has 1 aromatic rings. The van der Waals surface area contributed by atoms with E-state index < -0.39 is 0 Å². The van der Waals surface area contributed by atoms with E-state index in [1.807, 2.05) is 42.6 Å². The summed E-state index contributed by atoms with van der Waals surface area (Å²) in [6, 6.07) is 4.41. The molecule has 1 fully saturated rings. The van der Waals surface area contributed by atoms with Crippen molar-refractivity contribution in [2.45, 2.75) is 18.9 Å². The quantitative estimate of drug-likeness (QED) is 0.933. The van der Waals surface area contributed by atoms with Crippen molar-refractivity contribution in [2.24, 2.45) is 0 Å². The van der Waals surface area contributed by atoms with Gasteiger partial charge in [0.1, 0.15) is 5.82 Å². The third-order valence-corrected chi connectivity index (χ3v) is 4.75. The van der Waals surface area contributed by atoms with Gasteiger partial charge in [-0.15, -0.1) is 0 Å². The number of carbonyl (C=O) groups is 1. The average molecular weight is 305 g/mol. The zero-order valence-corrected chi connectivity index (χ0v) is 13.1. The number of anilines is 1. The van der Waals surface area contributed by atoms with Crippen LogP contribution in [0.1, 0.15) is 24.4 Å². The molecule has 23 heavy (non-hydrogen) atoms. The first-order valence-corrected chi connectivity index (χ1v) is 8.01. The number of allylic oxidation sites excluding steroid dienone is 6. The maximum atomic E-state index is 12.4. The summed E-state index contributed by atoms with van der Waals surface area (Å²) in [5, 5.41) is 2.89. The molecule has 0 radical (unpaired) electrons. The molecule has 0 aromatic carbocycles. The number of hydrogen-bond acceptors (Lipinski definition) is 3. The van der Waals surface area contributed by atoms with Gasteiger partial charge in [0, 0.05) is 17.8 Å². The zero-order chi connectivity index (χ0) is 15.8. The van der Waals surface area contributed by atoms with E-state index in [1.54, 1.807) is 0 Å². The smallest absolute Gasteiger partial charge is 0.257 e. The van der Waals surface area contributed by atoms with E-state index in [0.29, 0.717) is 17.4 Å². The molecule has 0 saturated carbocycles. The summed E-state index contributed by atoms with van der Waals surface area (Å²) in [5.74, 6) is 0.491. The van der Waals surface area contributed by atoms with Crippen LogP contribution in [0.15, 0.2) is 65.4 Å². The molecule has 0 spiro atoms. The number of amides is 1. The minimum atomic E-state index is -0.107. The fraction of sp³-hybridized carbons (Fsp3) is 0.263. The number of hydrogen-bond donors (Lipinski definition) is 1. The lowest BCUT2D eigenvalue weighted by Gasteiger charge is -2.19. The molecular formula is C19H19N3O. The number of rotatable bonds is 3. The van der Waals surface area contributed by atoms with Gasteiger partial charge < -0.3 is 5.32 Å². The molecule has 116 valence electrons. The molecule has 1 aromatic heterocycles. The molecule has 1 amide bonds. The lowest BCUT2D eigenvalue weighted by molar-refractivity contribution is -0.112. The van der Waals surface area contributed by atoms with Gasteiger partial charge in [-0.3, -0.25) is 9.69 Å². The summed E-state index contributed by atoms with van der Waals surface area (Å²) in [4.78, 5) is 19.2. The molecular weight excluding hydrogens is 286 g/mol. The molecule has 1 aliphatic heterocycles. The maximum Gasteiger partial charge on any atom is 0.257 e. The molecule has 0 bridgehead atoms. The molecule has 1 atom stereocenters. The molecule has 4 heteroatoms. The summed E-state index contributed by atoms with van der Waals surface area (Å²) in [6.07, 6.45) is 14.1. The van der Waals surface area contributed by atoms with Crippen molar-refractivity contribution >= 4 is 11.7 Å². The first kappa shape index (κ1) is 14.2. The Balaban J connectivity index is 1.48. The van der Waals surface area contributed by atoms with Gasteiger partial charge in [0.25, 0.3) is 5.91 Å². The van der Waals surface area contributed by atoms with Crippen molar-refractivity contribution in [3.63, 3.8) is 0 Å². The van der Waals surface area contributed by atoms with Crippen LogP contribution in [0.3, 0.4) is 0 Å². The largest absolute Gasteiger partial charge is 0.307 e. The monoisotopic (exact) mass is 305 g/mol. The highest BCUT2D eigenvalue weighted by atomic mass is 16.1.